The van der Waals surface area contributed by atoms with E-state index in [9.17, 15) is 8.42 Å². The molecule has 1 aromatic heterocycles. The van der Waals surface area contributed by atoms with Gasteiger partial charge in [-0.05, 0) is 19.8 Å². The first-order chi connectivity index (χ1) is 9.97. The Bertz CT molecular complexity index is 515. The number of sulfonamides is 1. The molecule has 0 aliphatic rings. The van der Waals surface area contributed by atoms with Crippen LogP contribution in [0.15, 0.2) is 17.3 Å². The Labute approximate surface area is 126 Å². The summed E-state index contributed by atoms with van der Waals surface area (Å²) in [7, 11) is -2.03. The molecule has 122 valence electrons. The van der Waals surface area contributed by atoms with Gasteiger partial charge in [-0.3, -0.25) is 4.68 Å². The van der Waals surface area contributed by atoms with Gasteiger partial charge in [0.05, 0.1) is 12.8 Å². The van der Waals surface area contributed by atoms with Crippen molar-refractivity contribution in [2.45, 2.75) is 44.2 Å². The SMILES string of the molecule is CCC(C)N(CCOC)S(=O)(=O)c1cnn(CCCO)c1. The fraction of sp³-hybridized carbons (Fsp3) is 0.769. The van der Waals surface area contributed by atoms with Gasteiger partial charge in [0.2, 0.25) is 10.0 Å². The molecule has 0 aliphatic carbocycles. The molecular formula is C13H25N3O4S. The number of aryl methyl sites for hydroxylation is 1. The molecule has 1 unspecified atom stereocenters. The molecule has 0 radical (unpaired) electrons. The van der Waals surface area contributed by atoms with Gasteiger partial charge in [-0.1, -0.05) is 6.92 Å². The fourth-order valence-corrected chi connectivity index (χ4v) is 3.57. The molecule has 0 aliphatic heterocycles. The standard InChI is InChI=1S/C13H25N3O4S/c1-4-12(2)16(7-9-20-3)21(18,19)13-10-14-15(11-13)6-5-8-17/h10-12,17H,4-9H2,1-3H3. The van der Waals surface area contributed by atoms with Gasteiger partial charge in [-0.2, -0.15) is 9.40 Å². The minimum atomic E-state index is -3.58. The lowest BCUT2D eigenvalue weighted by Gasteiger charge is -2.26. The molecule has 0 bridgehead atoms. The highest BCUT2D eigenvalue weighted by molar-refractivity contribution is 7.89. The Kier molecular flexibility index (Phi) is 7.30. The lowest BCUT2D eigenvalue weighted by molar-refractivity contribution is 0.167. The van der Waals surface area contributed by atoms with Crippen LogP contribution in [-0.2, 0) is 21.3 Å². The normalized spacial score (nSPS) is 13.8. The summed E-state index contributed by atoms with van der Waals surface area (Å²) in [5, 5.41) is 12.8. The molecule has 1 rings (SSSR count). The van der Waals surface area contributed by atoms with Gasteiger partial charge in [0.25, 0.3) is 0 Å². The average molecular weight is 319 g/mol. The lowest BCUT2D eigenvalue weighted by atomic mass is 10.3. The smallest absolute Gasteiger partial charge is 0.246 e. The van der Waals surface area contributed by atoms with Gasteiger partial charge < -0.3 is 9.84 Å². The van der Waals surface area contributed by atoms with Crippen molar-refractivity contribution in [2.75, 3.05) is 26.9 Å². The number of hydrogen-bond acceptors (Lipinski definition) is 5. The highest BCUT2D eigenvalue weighted by Gasteiger charge is 2.29. The lowest BCUT2D eigenvalue weighted by Crippen LogP contribution is -2.40. The van der Waals surface area contributed by atoms with Crippen molar-refractivity contribution in [1.82, 2.24) is 14.1 Å². The second kappa shape index (κ2) is 8.47. The molecule has 1 N–H and O–H groups in total. The second-order valence-corrected chi connectivity index (χ2v) is 6.77. The van der Waals surface area contributed by atoms with Crippen LogP contribution in [0.3, 0.4) is 0 Å². The zero-order valence-electron chi connectivity index (χ0n) is 12.9. The van der Waals surface area contributed by atoms with Crippen molar-refractivity contribution in [3.8, 4) is 0 Å². The van der Waals surface area contributed by atoms with Crippen LogP contribution in [-0.4, -0.2) is 60.5 Å². The first kappa shape index (κ1) is 18.1. The van der Waals surface area contributed by atoms with E-state index in [1.165, 1.54) is 21.4 Å². The van der Waals surface area contributed by atoms with E-state index in [0.29, 0.717) is 26.1 Å². The van der Waals surface area contributed by atoms with Crippen LogP contribution in [0.4, 0.5) is 0 Å². The highest BCUT2D eigenvalue weighted by atomic mass is 32.2. The Morgan fingerprint density at radius 2 is 2.24 bits per heavy atom. The van der Waals surface area contributed by atoms with Gasteiger partial charge in [-0.25, -0.2) is 8.42 Å². The van der Waals surface area contributed by atoms with Gasteiger partial charge >= 0.3 is 0 Å². The summed E-state index contributed by atoms with van der Waals surface area (Å²) in [5.41, 5.74) is 0. The number of aliphatic hydroxyl groups is 1. The largest absolute Gasteiger partial charge is 0.396 e. The van der Waals surface area contributed by atoms with Crippen LogP contribution in [0.5, 0.6) is 0 Å². The molecule has 0 aromatic carbocycles. The molecule has 21 heavy (non-hydrogen) atoms. The van der Waals surface area contributed by atoms with Crippen molar-refractivity contribution >= 4 is 10.0 Å². The number of nitrogens with zero attached hydrogens (tertiary/aromatic N) is 3. The molecule has 7 nitrogen and oxygen atoms in total. The van der Waals surface area contributed by atoms with Gasteiger partial charge in [0, 0.05) is 39.0 Å². The first-order valence-electron chi connectivity index (χ1n) is 7.11. The third kappa shape index (κ3) is 4.77. The number of methoxy groups -OCH3 is 1. The van der Waals surface area contributed by atoms with E-state index < -0.39 is 10.0 Å². The van der Waals surface area contributed by atoms with E-state index in [2.05, 4.69) is 5.10 Å². The number of aliphatic hydroxyl groups excluding tert-OH is 1. The van der Waals surface area contributed by atoms with E-state index in [0.717, 1.165) is 6.42 Å². The maximum atomic E-state index is 12.7. The van der Waals surface area contributed by atoms with Crippen molar-refractivity contribution in [1.29, 1.82) is 0 Å². The summed E-state index contributed by atoms with van der Waals surface area (Å²) >= 11 is 0. The molecule has 0 amide bonds. The van der Waals surface area contributed by atoms with E-state index in [-0.39, 0.29) is 17.5 Å². The quantitative estimate of drug-likeness (QED) is 0.686. The molecule has 0 fully saturated rings. The van der Waals surface area contributed by atoms with Crippen molar-refractivity contribution in [2.24, 2.45) is 0 Å². The number of aromatic nitrogens is 2. The molecule has 0 spiro atoms. The summed E-state index contributed by atoms with van der Waals surface area (Å²) in [6, 6.07) is -0.106. The zero-order valence-corrected chi connectivity index (χ0v) is 13.7. The van der Waals surface area contributed by atoms with Crippen LogP contribution >= 0.6 is 0 Å². The first-order valence-corrected chi connectivity index (χ1v) is 8.55. The Morgan fingerprint density at radius 3 is 2.81 bits per heavy atom. The van der Waals surface area contributed by atoms with Gasteiger partial charge in [0.15, 0.2) is 0 Å². The monoisotopic (exact) mass is 319 g/mol. The van der Waals surface area contributed by atoms with Crippen LogP contribution in [0.25, 0.3) is 0 Å². The Hall–Kier alpha value is -0.960. The summed E-state index contributed by atoms with van der Waals surface area (Å²) in [6.07, 6.45) is 4.13. The third-order valence-electron chi connectivity index (χ3n) is 3.36. The molecule has 8 heteroatoms. The third-order valence-corrected chi connectivity index (χ3v) is 5.33. The Balaban J connectivity index is 2.96. The second-order valence-electron chi connectivity index (χ2n) is 4.88. The zero-order chi connectivity index (χ0) is 15.9. The predicted octanol–water partition coefficient (Wildman–Crippen LogP) is 0.701. The molecule has 1 atom stereocenters. The molecule has 1 aromatic rings. The van der Waals surface area contributed by atoms with Crippen LogP contribution in [0, 0.1) is 0 Å². The van der Waals surface area contributed by atoms with Gasteiger partial charge in [0.1, 0.15) is 4.90 Å². The fourth-order valence-electron chi connectivity index (χ4n) is 1.93. The van der Waals surface area contributed by atoms with Crippen molar-refractivity contribution in [3.63, 3.8) is 0 Å². The molecule has 0 saturated heterocycles. The maximum Gasteiger partial charge on any atom is 0.246 e. The van der Waals surface area contributed by atoms with Crippen molar-refractivity contribution in [3.05, 3.63) is 12.4 Å². The van der Waals surface area contributed by atoms with E-state index in [4.69, 9.17) is 9.84 Å². The van der Waals surface area contributed by atoms with E-state index in [1.807, 2.05) is 13.8 Å². The summed E-state index contributed by atoms with van der Waals surface area (Å²) in [6.45, 7) is 5.04. The summed E-state index contributed by atoms with van der Waals surface area (Å²) in [4.78, 5) is 0.178. The topological polar surface area (TPSA) is 84.7 Å². The average Bonchev–Trinajstić information content (AvgIpc) is 2.94. The maximum absolute atomic E-state index is 12.7. The Morgan fingerprint density at radius 1 is 1.52 bits per heavy atom. The van der Waals surface area contributed by atoms with Crippen LogP contribution in [0.1, 0.15) is 26.7 Å². The number of ether oxygens (including phenoxy) is 1. The minimum Gasteiger partial charge on any atom is -0.396 e. The highest BCUT2D eigenvalue weighted by Crippen LogP contribution is 2.19. The molecule has 1 heterocycles. The predicted molar refractivity (Wildman–Crippen MR) is 79.5 cm³/mol. The molecule has 0 saturated carbocycles. The van der Waals surface area contributed by atoms with Crippen LogP contribution < -0.4 is 0 Å². The van der Waals surface area contributed by atoms with Crippen LogP contribution in [0.2, 0.25) is 0 Å². The minimum absolute atomic E-state index is 0.0504. The van der Waals surface area contributed by atoms with E-state index >= 15 is 0 Å². The van der Waals surface area contributed by atoms with Gasteiger partial charge in [-0.15, -0.1) is 0 Å². The number of hydrogen-bond donors (Lipinski definition) is 1. The van der Waals surface area contributed by atoms with E-state index in [1.54, 1.807) is 7.11 Å². The molecular weight excluding hydrogens is 294 g/mol. The summed E-state index contributed by atoms with van der Waals surface area (Å²) in [5.74, 6) is 0. The van der Waals surface area contributed by atoms with Crippen molar-refractivity contribution < 1.29 is 18.3 Å². The summed E-state index contributed by atoms with van der Waals surface area (Å²) < 4.78 is 33.4. The number of rotatable bonds is 10.